The maximum absolute atomic E-state index is 13.1. The second-order valence-corrected chi connectivity index (χ2v) is 7.50. The van der Waals surface area contributed by atoms with E-state index in [1.807, 2.05) is 19.9 Å². The fourth-order valence-electron chi connectivity index (χ4n) is 2.32. The molecule has 0 spiro atoms. The Morgan fingerprint density at radius 1 is 1.04 bits per heavy atom. The van der Waals surface area contributed by atoms with Crippen LogP contribution in [-0.2, 0) is 14.8 Å². The molecule has 4 nitrogen and oxygen atoms in total. The summed E-state index contributed by atoms with van der Waals surface area (Å²) in [5, 5.41) is -0.731. The SMILES string of the molecule is Cc1cccc(N(C(C)C(=O)Cl)S(=O)(=O)c2ccccc2)c1C. The smallest absolute Gasteiger partial charge is 0.265 e. The number of aryl methyl sites for hydroxylation is 1. The molecule has 6 heteroatoms. The van der Waals surface area contributed by atoms with Crippen molar-refractivity contribution in [3.05, 3.63) is 59.7 Å². The molecule has 23 heavy (non-hydrogen) atoms. The van der Waals surface area contributed by atoms with Gasteiger partial charge < -0.3 is 0 Å². The van der Waals surface area contributed by atoms with Crippen molar-refractivity contribution in [1.29, 1.82) is 0 Å². The summed E-state index contributed by atoms with van der Waals surface area (Å²) < 4.78 is 27.2. The maximum Gasteiger partial charge on any atom is 0.265 e. The zero-order chi connectivity index (χ0) is 17.2. The highest BCUT2D eigenvalue weighted by molar-refractivity contribution is 7.93. The van der Waals surface area contributed by atoms with Gasteiger partial charge in [-0.25, -0.2) is 8.42 Å². The second-order valence-electron chi connectivity index (χ2n) is 5.31. The molecule has 2 aromatic carbocycles. The quantitative estimate of drug-likeness (QED) is 0.772. The predicted octanol–water partition coefficient (Wildman–Crippen LogP) is 3.65. The lowest BCUT2D eigenvalue weighted by Crippen LogP contribution is -2.42. The van der Waals surface area contributed by atoms with E-state index in [2.05, 4.69) is 0 Å². The summed E-state index contributed by atoms with van der Waals surface area (Å²) in [7, 11) is -3.91. The van der Waals surface area contributed by atoms with Crippen LogP contribution in [0.1, 0.15) is 18.1 Å². The number of halogens is 1. The lowest BCUT2D eigenvalue weighted by Gasteiger charge is -2.30. The molecule has 1 atom stereocenters. The minimum absolute atomic E-state index is 0.116. The third-order valence-electron chi connectivity index (χ3n) is 3.79. The number of carbonyl (C=O) groups excluding carboxylic acids is 1. The molecule has 0 aromatic heterocycles. The van der Waals surface area contributed by atoms with Crippen LogP contribution in [0.3, 0.4) is 0 Å². The van der Waals surface area contributed by atoms with Gasteiger partial charge in [-0.15, -0.1) is 0 Å². The fraction of sp³-hybridized carbons (Fsp3) is 0.235. The Bertz CT molecular complexity index is 819. The van der Waals surface area contributed by atoms with E-state index in [1.165, 1.54) is 19.1 Å². The number of hydrogen-bond acceptors (Lipinski definition) is 3. The van der Waals surface area contributed by atoms with Crippen molar-refractivity contribution in [2.75, 3.05) is 4.31 Å². The van der Waals surface area contributed by atoms with Crippen LogP contribution in [0.4, 0.5) is 5.69 Å². The number of carbonyl (C=O) groups is 1. The average Bonchev–Trinajstić information content (AvgIpc) is 2.52. The molecule has 122 valence electrons. The molecule has 0 N–H and O–H groups in total. The molecule has 0 aliphatic rings. The third kappa shape index (κ3) is 3.41. The van der Waals surface area contributed by atoms with Gasteiger partial charge in [0.2, 0.25) is 5.24 Å². The van der Waals surface area contributed by atoms with E-state index >= 15 is 0 Å². The van der Waals surface area contributed by atoms with Crippen LogP contribution in [0, 0.1) is 13.8 Å². The molecule has 1 unspecified atom stereocenters. The molecule has 0 heterocycles. The van der Waals surface area contributed by atoms with Gasteiger partial charge in [-0.2, -0.15) is 0 Å². The van der Waals surface area contributed by atoms with Crippen molar-refractivity contribution in [3.8, 4) is 0 Å². The van der Waals surface area contributed by atoms with Crippen molar-refractivity contribution in [2.45, 2.75) is 31.7 Å². The first-order valence-corrected chi connectivity index (χ1v) is 8.93. The van der Waals surface area contributed by atoms with E-state index in [9.17, 15) is 13.2 Å². The Hall–Kier alpha value is -1.85. The highest BCUT2D eigenvalue weighted by Gasteiger charge is 2.33. The molecule has 0 amide bonds. The van der Waals surface area contributed by atoms with E-state index < -0.39 is 21.3 Å². The van der Waals surface area contributed by atoms with Crippen LogP contribution in [-0.4, -0.2) is 19.7 Å². The maximum atomic E-state index is 13.1. The van der Waals surface area contributed by atoms with E-state index in [4.69, 9.17) is 11.6 Å². The summed E-state index contributed by atoms with van der Waals surface area (Å²) in [5.41, 5.74) is 2.18. The fourth-order valence-corrected chi connectivity index (χ4v) is 4.17. The number of rotatable bonds is 5. The molecular formula is C17H18ClNO3S. The monoisotopic (exact) mass is 351 g/mol. The molecule has 0 bridgehead atoms. The normalized spacial score (nSPS) is 12.7. The standard InChI is InChI=1S/C17H18ClNO3S/c1-12-8-7-11-16(13(12)2)19(14(3)17(18)20)23(21,22)15-9-5-4-6-10-15/h4-11,14H,1-3H3. The Balaban J connectivity index is 2.69. The van der Waals surface area contributed by atoms with Crippen LogP contribution < -0.4 is 4.31 Å². The van der Waals surface area contributed by atoms with Gasteiger partial charge in [0, 0.05) is 0 Å². The highest BCUT2D eigenvalue weighted by Crippen LogP contribution is 2.31. The largest absolute Gasteiger partial charge is 0.279 e. The third-order valence-corrected chi connectivity index (χ3v) is 6.01. The number of sulfonamides is 1. The van der Waals surface area contributed by atoms with Gasteiger partial charge in [0.05, 0.1) is 10.6 Å². The van der Waals surface area contributed by atoms with Gasteiger partial charge in [-0.05, 0) is 61.7 Å². The minimum Gasteiger partial charge on any atom is -0.279 e. The number of hydrogen-bond donors (Lipinski definition) is 0. The zero-order valence-corrected chi connectivity index (χ0v) is 14.7. The van der Waals surface area contributed by atoms with Gasteiger partial charge >= 0.3 is 0 Å². The zero-order valence-electron chi connectivity index (χ0n) is 13.2. The van der Waals surface area contributed by atoms with Crippen molar-refractivity contribution in [3.63, 3.8) is 0 Å². The van der Waals surface area contributed by atoms with E-state index in [1.54, 1.807) is 30.3 Å². The van der Waals surface area contributed by atoms with Crippen molar-refractivity contribution in [2.24, 2.45) is 0 Å². The van der Waals surface area contributed by atoms with Crippen LogP contribution in [0.15, 0.2) is 53.4 Å². The summed E-state index contributed by atoms with van der Waals surface area (Å²) in [6.45, 7) is 5.19. The van der Waals surface area contributed by atoms with Gasteiger partial charge in [0.15, 0.2) is 0 Å². The van der Waals surface area contributed by atoms with E-state index in [0.717, 1.165) is 15.4 Å². The Labute approximate surface area is 141 Å². The van der Waals surface area contributed by atoms with Crippen LogP contribution >= 0.6 is 11.6 Å². The summed E-state index contributed by atoms with van der Waals surface area (Å²) in [6, 6.07) is 12.3. The molecule has 2 rings (SSSR count). The summed E-state index contributed by atoms with van der Waals surface area (Å²) in [5.74, 6) is 0. The molecule has 0 aliphatic carbocycles. The summed E-state index contributed by atoms with van der Waals surface area (Å²) in [4.78, 5) is 11.8. The topological polar surface area (TPSA) is 54.5 Å². The van der Waals surface area contributed by atoms with E-state index in [-0.39, 0.29) is 4.90 Å². The molecule has 0 aliphatic heterocycles. The minimum atomic E-state index is -3.91. The highest BCUT2D eigenvalue weighted by atomic mass is 35.5. The molecule has 0 fully saturated rings. The second kappa shape index (κ2) is 6.72. The van der Waals surface area contributed by atoms with Gasteiger partial charge in [0.1, 0.15) is 6.04 Å². The van der Waals surface area contributed by atoms with Crippen molar-refractivity contribution in [1.82, 2.24) is 0 Å². The first-order chi connectivity index (χ1) is 10.8. The van der Waals surface area contributed by atoms with Gasteiger partial charge in [0.25, 0.3) is 10.0 Å². The van der Waals surface area contributed by atoms with E-state index in [0.29, 0.717) is 5.69 Å². The Kier molecular flexibility index (Phi) is 5.12. The van der Waals surface area contributed by atoms with Crippen LogP contribution in [0.5, 0.6) is 0 Å². The molecule has 0 radical (unpaired) electrons. The first-order valence-electron chi connectivity index (χ1n) is 7.12. The molecule has 2 aromatic rings. The van der Waals surface area contributed by atoms with Crippen molar-refractivity contribution < 1.29 is 13.2 Å². The molecule has 0 saturated heterocycles. The van der Waals surface area contributed by atoms with Crippen LogP contribution in [0.2, 0.25) is 0 Å². The Morgan fingerprint density at radius 3 is 2.22 bits per heavy atom. The lowest BCUT2D eigenvalue weighted by atomic mass is 10.1. The first kappa shape index (κ1) is 17.5. The average molecular weight is 352 g/mol. The molecule has 0 saturated carbocycles. The van der Waals surface area contributed by atoms with Gasteiger partial charge in [-0.1, -0.05) is 30.3 Å². The Morgan fingerprint density at radius 2 is 1.65 bits per heavy atom. The number of anilines is 1. The summed E-state index contributed by atoms with van der Waals surface area (Å²) in [6.07, 6.45) is 0. The number of benzene rings is 2. The lowest BCUT2D eigenvalue weighted by molar-refractivity contribution is -0.112. The number of nitrogens with zero attached hydrogens (tertiary/aromatic N) is 1. The van der Waals surface area contributed by atoms with Crippen LogP contribution in [0.25, 0.3) is 0 Å². The summed E-state index contributed by atoms with van der Waals surface area (Å²) >= 11 is 5.61. The van der Waals surface area contributed by atoms with Crippen molar-refractivity contribution >= 4 is 32.6 Å². The molecular weight excluding hydrogens is 334 g/mol. The predicted molar refractivity (Wildman–Crippen MR) is 92.3 cm³/mol. The van der Waals surface area contributed by atoms with Gasteiger partial charge in [-0.3, -0.25) is 9.10 Å².